The molecule has 0 aliphatic rings. The molecule has 1 amide bonds. The van der Waals surface area contributed by atoms with Gasteiger partial charge in [0, 0.05) is 6.92 Å². The quantitative estimate of drug-likeness (QED) is 0.558. The number of carboxylic acids is 1. The standard InChI is InChI=1S/C9H8O4.C5H12N2O/c1-6(10)13-8-5-3-2-4-7(8)9(11)12;1-3-5(2,7)4(6)8/h2-5H,1H3,(H,11,12);3,7H2,1-2H3,(H2,6,8). The van der Waals surface area contributed by atoms with Crippen LogP contribution in [0.4, 0.5) is 0 Å². The average Bonchev–Trinajstić information content (AvgIpc) is 2.39. The number of carbonyl (C=O) groups excluding carboxylic acids is 2. The van der Waals surface area contributed by atoms with Gasteiger partial charge in [0.2, 0.25) is 5.91 Å². The molecule has 0 saturated carbocycles. The number of amides is 1. The van der Waals surface area contributed by atoms with Crippen LogP contribution in [0.1, 0.15) is 37.6 Å². The highest BCUT2D eigenvalue weighted by Gasteiger charge is 2.21. The van der Waals surface area contributed by atoms with Crippen molar-refractivity contribution in [2.24, 2.45) is 11.5 Å². The molecule has 0 aliphatic carbocycles. The Morgan fingerprint density at radius 1 is 1.29 bits per heavy atom. The zero-order valence-corrected chi connectivity index (χ0v) is 12.3. The Morgan fingerprint density at radius 2 is 1.81 bits per heavy atom. The van der Waals surface area contributed by atoms with Crippen molar-refractivity contribution < 1.29 is 24.2 Å². The lowest BCUT2D eigenvalue weighted by Crippen LogP contribution is -2.48. The number of rotatable bonds is 4. The van der Waals surface area contributed by atoms with Gasteiger partial charge in [-0.3, -0.25) is 9.59 Å². The Balaban J connectivity index is 0.000000433. The van der Waals surface area contributed by atoms with E-state index in [1.54, 1.807) is 19.1 Å². The third kappa shape index (κ3) is 6.53. The Bertz CT molecular complexity index is 526. The van der Waals surface area contributed by atoms with Crippen LogP contribution in [0.25, 0.3) is 0 Å². The number of aromatic carboxylic acids is 1. The first-order valence-electron chi connectivity index (χ1n) is 6.21. The molecule has 0 spiro atoms. The fourth-order valence-electron chi connectivity index (χ4n) is 1.06. The lowest BCUT2D eigenvalue weighted by Gasteiger charge is -2.16. The molecular weight excluding hydrogens is 276 g/mol. The highest BCUT2D eigenvalue weighted by Crippen LogP contribution is 2.17. The van der Waals surface area contributed by atoms with E-state index in [0.29, 0.717) is 6.42 Å². The summed E-state index contributed by atoms with van der Waals surface area (Å²) in [6.07, 6.45) is 0.586. The minimum absolute atomic E-state index is 0.0160. The minimum Gasteiger partial charge on any atom is -0.478 e. The van der Waals surface area contributed by atoms with Crippen LogP contribution >= 0.6 is 0 Å². The third-order valence-corrected chi connectivity index (χ3v) is 2.67. The molecule has 0 bridgehead atoms. The van der Waals surface area contributed by atoms with E-state index < -0.39 is 23.4 Å². The number of esters is 1. The summed E-state index contributed by atoms with van der Waals surface area (Å²) in [6, 6.07) is 5.98. The van der Waals surface area contributed by atoms with Crippen molar-refractivity contribution in [3.63, 3.8) is 0 Å². The molecule has 21 heavy (non-hydrogen) atoms. The van der Waals surface area contributed by atoms with Crippen molar-refractivity contribution in [2.75, 3.05) is 0 Å². The zero-order chi connectivity index (χ0) is 16.6. The van der Waals surface area contributed by atoms with Gasteiger partial charge in [-0.05, 0) is 25.5 Å². The molecule has 0 aliphatic heterocycles. The second-order valence-corrected chi connectivity index (χ2v) is 4.53. The summed E-state index contributed by atoms with van der Waals surface area (Å²) in [6.45, 7) is 4.67. The average molecular weight is 296 g/mol. The highest BCUT2D eigenvalue weighted by molar-refractivity contribution is 5.91. The van der Waals surface area contributed by atoms with Crippen molar-refractivity contribution in [1.29, 1.82) is 0 Å². The number of nitrogens with two attached hydrogens (primary N) is 2. The largest absolute Gasteiger partial charge is 0.478 e. The number of hydrogen-bond donors (Lipinski definition) is 3. The van der Waals surface area contributed by atoms with Crippen LogP contribution in [0.2, 0.25) is 0 Å². The second-order valence-electron chi connectivity index (χ2n) is 4.53. The van der Waals surface area contributed by atoms with Gasteiger partial charge in [-0.25, -0.2) is 4.79 Å². The van der Waals surface area contributed by atoms with Gasteiger partial charge in [-0.2, -0.15) is 0 Å². The molecule has 1 atom stereocenters. The molecule has 0 fully saturated rings. The van der Waals surface area contributed by atoms with Crippen molar-refractivity contribution in [3.8, 4) is 5.75 Å². The maximum absolute atomic E-state index is 10.6. The van der Waals surface area contributed by atoms with Gasteiger partial charge in [0.05, 0.1) is 5.54 Å². The highest BCUT2D eigenvalue weighted by atomic mass is 16.5. The number of ether oxygens (including phenoxy) is 1. The van der Waals surface area contributed by atoms with Gasteiger partial charge in [-0.15, -0.1) is 0 Å². The van der Waals surface area contributed by atoms with E-state index in [0.717, 1.165) is 0 Å². The van der Waals surface area contributed by atoms with Crippen LogP contribution in [0.3, 0.4) is 0 Å². The smallest absolute Gasteiger partial charge is 0.339 e. The molecule has 116 valence electrons. The Labute approximate surface area is 122 Å². The Hall–Kier alpha value is -2.41. The third-order valence-electron chi connectivity index (χ3n) is 2.67. The summed E-state index contributed by atoms with van der Waals surface area (Å²) in [5.74, 6) is -2.02. The van der Waals surface area contributed by atoms with E-state index in [1.807, 2.05) is 6.92 Å². The van der Waals surface area contributed by atoms with Crippen LogP contribution in [0, 0.1) is 0 Å². The van der Waals surface area contributed by atoms with Gasteiger partial charge in [0.1, 0.15) is 11.3 Å². The lowest BCUT2D eigenvalue weighted by molar-refractivity contribution is -0.131. The van der Waals surface area contributed by atoms with E-state index in [9.17, 15) is 14.4 Å². The Morgan fingerprint density at radius 3 is 2.14 bits per heavy atom. The first kappa shape index (κ1) is 18.6. The molecule has 5 N–H and O–H groups in total. The topological polar surface area (TPSA) is 133 Å². The second kappa shape index (κ2) is 8.01. The molecule has 1 aromatic carbocycles. The number of primary amides is 1. The van der Waals surface area contributed by atoms with Crippen molar-refractivity contribution in [2.45, 2.75) is 32.7 Å². The van der Waals surface area contributed by atoms with Crippen LogP contribution in [0.15, 0.2) is 24.3 Å². The van der Waals surface area contributed by atoms with E-state index in [4.69, 9.17) is 16.6 Å². The maximum Gasteiger partial charge on any atom is 0.339 e. The van der Waals surface area contributed by atoms with E-state index >= 15 is 0 Å². The molecule has 1 aromatic rings. The van der Waals surface area contributed by atoms with Crippen LogP contribution in [-0.2, 0) is 9.59 Å². The van der Waals surface area contributed by atoms with E-state index in [2.05, 4.69) is 4.74 Å². The molecule has 1 rings (SSSR count). The molecule has 0 heterocycles. The number of hydrogen-bond acceptors (Lipinski definition) is 5. The summed E-state index contributed by atoms with van der Waals surface area (Å²) in [5.41, 5.74) is 9.47. The fourth-order valence-corrected chi connectivity index (χ4v) is 1.06. The molecule has 7 nitrogen and oxygen atoms in total. The van der Waals surface area contributed by atoms with Gasteiger partial charge >= 0.3 is 11.9 Å². The normalized spacial score (nSPS) is 12.4. The van der Waals surface area contributed by atoms with Crippen LogP contribution in [0.5, 0.6) is 5.75 Å². The number of para-hydroxylation sites is 1. The summed E-state index contributed by atoms with van der Waals surface area (Å²) in [4.78, 5) is 31.5. The Kier molecular flexibility index (Phi) is 7.09. The van der Waals surface area contributed by atoms with Crippen LogP contribution in [-0.4, -0.2) is 28.5 Å². The van der Waals surface area contributed by atoms with Crippen LogP contribution < -0.4 is 16.2 Å². The number of carboxylic acid groups (broad SMARTS) is 1. The molecule has 1 unspecified atom stereocenters. The van der Waals surface area contributed by atoms with Gasteiger partial charge in [0.25, 0.3) is 0 Å². The zero-order valence-electron chi connectivity index (χ0n) is 12.3. The molecular formula is C14H20N2O5. The van der Waals surface area contributed by atoms with E-state index in [1.165, 1.54) is 19.1 Å². The molecule has 0 radical (unpaired) electrons. The predicted octanol–water partition coefficient (Wildman–Crippen LogP) is 0.909. The monoisotopic (exact) mass is 296 g/mol. The maximum atomic E-state index is 10.6. The predicted molar refractivity (Wildman–Crippen MR) is 76.8 cm³/mol. The lowest BCUT2D eigenvalue weighted by atomic mass is 10.0. The summed E-state index contributed by atoms with van der Waals surface area (Å²) >= 11 is 0. The minimum atomic E-state index is -1.11. The summed E-state index contributed by atoms with van der Waals surface area (Å²) < 4.78 is 4.69. The van der Waals surface area contributed by atoms with Crippen molar-refractivity contribution in [1.82, 2.24) is 0 Å². The first-order chi connectivity index (χ1) is 9.61. The summed E-state index contributed by atoms with van der Waals surface area (Å²) in [7, 11) is 0. The fraction of sp³-hybridized carbons (Fsp3) is 0.357. The first-order valence-corrected chi connectivity index (χ1v) is 6.21. The molecule has 0 saturated heterocycles. The van der Waals surface area contributed by atoms with Crippen molar-refractivity contribution in [3.05, 3.63) is 29.8 Å². The molecule has 0 aromatic heterocycles. The van der Waals surface area contributed by atoms with Gasteiger partial charge < -0.3 is 21.3 Å². The SMILES string of the molecule is CC(=O)Oc1ccccc1C(=O)O.CCC(C)(N)C(N)=O. The van der Waals surface area contributed by atoms with Gasteiger partial charge in [-0.1, -0.05) is 19.1 Å². The van der Waals surface area contributed by atoms with Crippen molar-refractivity contribution >= 4 is 17.8 Å². The van der Waals surface area contributed by atoms with E-state index in [-0.39, 0.29) is 11.3 Å². The molecule has 7 heteroatoms. The number of carbonyl (C=O) groups is 3. The summed E-state index contributed by atoms with van der Waals surface area (Å²) in [5, 5.41) is 8.69. The number of benzene rings is 1. The van der Waals surface area contributed by atoms with Gasteiger partial charge in [0.15, 0.2) is 0 Å².